The van der Waals surface area contributed by atoms with Crippen LogP contribution >= 0.6 is 11.6 Å². The van der Waals surface area contributed by atoms with Crippen LogP contribution < -0.4 is 16.2 Å². The maximum atomic E-state index is 12.2. The van der Waals surface area contributed by atoms with E-state index in [4.69, 9.17) is 11.6 Å². The van der Waals surface area contributed by atoms with Crippen molar-refractivity contribution in [3.8, 4) is 0 Å². The molecule has 1 heterocycles. The highest BCUT2D eigenvalue weighted by atomic mass is 35.5. The molecule has 6 heteroatoms. The van der Waals surface area contributed by atoms with Crippen LogP contribution in [0.5, 0.6) is 0 Å². The van der Waals surface area contributed by atoms with E-state index in [0.29, 0.717) is 27.2 Å². The molecule has 3 aromatic rings. The number of hydrogen-bond acceptors (Lipinski definition) is 2. The van der Waals surface area contributed by atoms with Crippen LogP contribution in [-0.2, 0) is 7.05 Å². The minimum atomic E-state index is -0.392. The lowest BCUT2D eigenvalue weighted by Gasteiger charge is -2.11. The van der Waals surface area contributed by atoms with Crippen molar-refractivity contribution < 1.29 is 4.79 Å². The summed E-state index contributed by atoms with van der Waals surface area (Å²) >= 11 is 5.81. The Bertz CT molecular complexity index is 933. The van der Waals surface area contributed by atoms with Crippen LogP contribution in [0.15, 0.2) is 59.5 Å². The number of carbonyl (C=O) groups is 1. The summed E-state index contributed by atoms with van der Waals surface area (Å²) in [5.74, 6) is 0. The van der Waals surface area contributed by atoms with Gasteiger partial charge in [-0.25, -0.2) is 4.79 Å². The van der Waals surface area contributed by atoms with Crippen molar-refractivity contribution in [1.29, 1.82) is 0 Å². The molecule has 5 nitrogen and oxygen atoms in total. The van der Waals surface area contributed by atoms with Crippen molar-refractivity contribution in [3.63, 3.8) is 0 Å². The van der Waals surface area contributed by atoms with Gasteiger partial charge in [-0.05, 0) is 30.3 Å². The van der Waals surface area contributed by atoms with Gasteiger partial charge in [0.15, 0.2) is 0 Å². The van der Waals surface area contributed by atoms with E-state index in [1.54, 1.807) is 55.7 Å². The van der Waals surface area contributed by atoms with Crippen molar-refractivity contribution in [1.82, 2.24) is 4.57 Å². The Kier molecular flexibility index (Phi) is 4.04. The predicted octanol–water partition coefficient (Wildman–Crippen LogP) is 3.84. The number of rotatable bonds is 2. The standard InChI is InChI=1S/C17H14ClN3O2/c1-21-10-15(13-4-2-3-5-14(13)16(21)22)20-17(23)19-12-8-6-11(18)7-9-12/h2-10H,1H3,(H2,19,20,23). The lowest BCUT2D eigenvalue weighted by molar-refractivity contribution is 0.262. The van der Waals surface area contributed by atoms with Crippen LogP contribution in [0.3, 0.4) is 0 Å². The van der Waals surface area contributed by atoms with Gasteiger partial charge < -0.3 is 15.2 Å². The van der Waals surface area contributed by atoms with Crippen LogP contribution in [0, 0.1) is 0 Å². The molecule has 0 aliphatic rings. The van der Waals surface area contributed by atoms with Crippen LogP contribution in [0.25, 0.3) is 10.8 Å². The third kappa shape index (κ3) is 3.19. The van der Waals surface area contributed by atoms with E-state index in [0.717, 1.165) is 0 Å². The first kappa shape index (κ1) is 15.1. The number of amides is 2. The number of urea groups is 1. The number of benzene rings is 2. The topological polar surface area (TPSA) is 63.1 Å². The number of nitrogens with one attached hydrogen (secondary N) is 2. The van der Waals surface area contributed by atoms with E-state index >= 15 is 0 Å². The number of pyridine rings is 1. The molecule has 2 amide bonds. The Balaban J connectivity index is 1.89. The molecular weight excluding hydrogens is 314 g/mol. The van der Waals surface area contributed by atoms with Gasteiger partial charge in [0.25, 0.3) is 5.56 Å². The molecule has 2 N–H and O–H groups in total. The summed E-state index contributed by atoms with van der Waals surface area (Å²) in [5, 5.41) is 7.34. The molecule has 0 saturated carbocycles. The molecule has 3 rings (SSSR count). The Hall–Kier alpha value is -2.79. The summed E-state index contributed by atoms with van der Waals surface area (Å²) in [6.07, 6.45) is 1.60. The number of anilines is 2. The van der Waals surface area contributed by atoms with Gasteiger partial charge in [-0.15, -0.1) is 0 Å². The van der Waals surface area contributed by atoms with Gasteiger partial charge in [0, 0.05) is 34.7 Å². The number of halogens is 1. The minimum absolute atomic E-state index is 0.107. The molecule has 0 saturated heterocycles. The molecule has 1 aromatic heterocycles. The second kappa shape index (κ2) is 6.14. The highest BCUT2D eigenvalue weighted by Gasteiger charge is 2.09. The summed E-state index contributed by atoms with van der Waals surface area (Å²) in [7, 11) is 1.65. The highest BCUT2D eigenvalue weighted by molar-refractivity contribution is 6.30. The average Bonchev–Trinajstić information content (AvgIpc) is 2.54. The maximum Gasteiger partial charge on any atom is 0.323 e. The van der Waals surface area contributed by atoms with Gasteiger partial charge in [0.2, 0.25) is 0 Å². The zero-order valence-electron chi connectivity index (χ0n) is 12.3. The fraction of sp³-hybridized carbons (Fsp3) is 0.0588. The average molecular weight is 328 g/mol. The lowest BCUT2D eigenvalue weighted by atomic mass is 10.1. The van der Waals surface area contributed by atoms with Crippen molar-refractivity contribution in [3.05, 3.63) is 70.1 Å². The molecule has 0 fully saturated rings. The molecule has 0 aliphatic carbocycles. The summed E-state index contributed by atoms with van der Waals surface area (Å²) in [6.45, 7) is 0. The Morgan fingerprint density at radius 3 is 2.35 bits per heavy atom. The van der Waals surface area contributed by atoms with Crippen LogP contribution in [-0.4, -0.2) is 10.6 Å². The number of carbonyl (C=O) groups excluding carboxylic acids is 1. The highest BCUT2D eigenvalue weighted by Crippen LogP contribution is 2.20. The van der Waals surface area contributed by atoms with Crippen molar-refractivity contribution in [2.45, 2.75) is 0 Å². The van der Waals surface area contributed by atoms with E-state index in [1.165, 1.54) is 4.57 Å². The van der Waals surface area contributed by atoms with Crippen molar-refractivity contribution in [2.75, 3.05) is 10.6 Å². The third-order valence-electron chi connectivity index (χ3n) is 3.44. The molecule has 0 spiro atoms. The molecule has 0 atom stereocenters. The van der Waals surface area contributed by atoms with E-state index in [-0.39, 0.29) is 5.56 Å². The Morgan fingerprint density at radius 2 is 1.65 bits per heavy atom. The van der Waals surface area contributed by atoms with Gasteiger partial charge in [0.1, 0.15) is 0 Å². The van der Waals surface area contributed by atoms with Crippen LogP contribution in [0.1, 0.15) is 0 Å². The minimum Gasteiger partial charge on any atom is -0.316 e. The fourth-order valence-electron chi connectivity index (χ4n) is 2.33. The van der Waals surface area contributed by atoms with Gasteiger partial charge in [0.05, 0.1) is 5.69 Å². The molecule has 2 aromatic carbocycles. The molecule has 0 radical (unpaired) electrons. The molecule has 23 heavy (non-hydrogen) atoms. The van der Waals surface area contributed by atoms with Crippen LogP contribution in [0.2, 0.25) is 5.02 Å². The zero-order valence-corrected chi connectivity index (χ0v) is 13.1. The van der Waals surface area contributed by atoms with Gasteiger partial charge in [-0.3, -0.25) is 4.79 Å². The number of hydrogen-bond donors (Lipinski definition) is 2. The Morgan fingerprint density at radius 1 is 1.00 bits per heavy atom. The second-order valence-corrected chi connectivity index (χ2v) is 5.53. The summed E-state index contributed by atoms with van der Waals surface area (Å²) in [4.78, 5) is 24.3. The number of aryl methyl sites for hydroxylation is 1. The number of aromatic nitrogens is 1. The van der Waals surface area contributed by atoms with Gasteiger partial charge in [-0.1, -0.05) is 29.8 Å². The van der Waals surface area contributed by atoms with Gasteiger partial charge >= 0.3 is 6.03 Å². The molecule has 0 unspecified atom stereocenters. The zero-order chi connectivity index (χ0) is 16.4. The van der Waals surface area contributed by atoms with E-state index in [9.17, 15) is 9.59 Å². The summed E-state index contributed by atoms with van der Waals surface area (Å²) in [5.41, 5.74) is 1.08. The quantitative estimate of drug-likeness (QED) is 0.751. The SMILES string of the molecule is Cn1cc(NC(=O)Nc2ccc(Cl)cc2)c2ccccc2c1=O. The lowest BCUT2D eigenvalue weighted by Crippen LogP contribution is -2.22. The van der Waals surface area contributed by atoms with Crippen molar-refractivity contribution >= 4 is 39.8 Å². The fourth-order valence-corrected chi connectivity index (χ4v) is 2.46. The van der Waals surface area contributed by atoms with Crippen LogP contribution in [0.4, 0.5) is 16.2 Å². The first-order chi connectivity index (χ1) is 11.0. The van der Waals surface area contributed by atoms with Crippen molar-refractivity contribution in [2.24, 2.45) is 7.05 Å². The van der Waals surface area contributed by atoms with E-state index in [1.807, 2.05) is 6.07 Å². The smallest absolute Gasteiger partial charge is 0.316 e. The van der Waals surface area contributed by atoms with E-state index in [2.05, 4.69) is 10.6 Å². The molecule has 0 aliphatic heterocycles. The first-order valence-electron chi connectivity index (χ1n) is 6.96. The van der Waals surface area contributed by atoms with E-state index < -0.39 is 6.03 Å². The molecular formula is C17H14ClN3O2. The third-order valence-corrected chi connectivity index (χ3v) is 3.69. The summed E-state index contributed by atoms with van der Waals surface area (Å²) in [6, 6.07) is 13.6. The maximum absolute atomic E-state index is 12.2. The van der Waals surface area contributed by atoms with Gasteiger partial charge in [-0.2, -0.15) is 0 Å². The Labute approximate surface area is 137 Å². The number of fused-ring (bicyclic) bond motifs is 1. The molecule has 0 bridgehead atoms. The monoisotopic (exact) mass is 327 g/mol. The normalized spacial score (nSPS) is 10.5. The predicted molar refractivity (Wildman–Crippen MR) is 93.3 cm³/mol. The largest absolute Gasteiger partial charge is 0.323 e. The first-order valence-corrected chi connectivity index (χ1v) is 7.34. The number of nitrogens with zero attached hydrogens (tertiary/aromatic N) is 1. The molecule has 116 valence electrons. The second-order valence-electron chi connectivity index (χ2n) is 5.09. The summed E-state index contributed by atoms with van der Waals surface area (Å²) < 4.78 is 1.44.